The number of methoxy groups -OCH3 is 1. The summed E-state index contributed by atoms with van der Waals surface area (Å²) in [6.45, 7) is 0. The van der Waals surface area contributed by atoms with E-state index in [0.29, 0.717) is 11.4 Å². The molecule has 0 aliphatic carbocycles. The fourth-order valence-electron chi connectivity index (χ4n) is 2.32. The Morgan fingerprint density at radius 2 is 2.08 bits per heavy atom. The van der Waals surface area contributed by atoms with Gasteiger partial charge in [0.25, 0.3) is 11.6 Å². The molecule has 3 rings (SSSR count). The van der Waals surface area contributed by atoms with Gasteiger partial charge in [0, 0.05) is 16.7 Å². The Bertz CT molecular complexity index is 986. The highest BCUT2D eigenvalue weighted by molar-refractivity contribution is 6.31. The number of hydrogen-bond acceptors (Lipinski definition) is 5. The van der Waals surface area contributed by atoms with E-state index in [1.807, 2.05) is 6.07 Å². The number of aromatic amines is 1. The van der Waals surface area contributed by atoms with E-state index in [9.17, 15) is 14.9 Å². The van der Waals surface area contributed by atoms with Crippen LogP contribution in [0, 0.1) is 10.1 Å². The molecular formula is C17H13ClN4O4. The van der Waals surface area contributed by atoms with Gasteiger partial charge in [0.1, 0.15) is 17.1 Å². The number of aromatic nitrogens is 2. The predicted molar refractivity (Wildman–Crippen MR) is 96.6 cm³/mol. The summed E-state index contributed by atoms with van der Waals surface area (Å²) in [5, 5.41) is 20.5. The van der Waals surface area contributed by atoms with Crippen LogP contribution in [0.4, 0.5) is 11.4 Å². The quantitative estimate of drug-likeness (QED) is 0.521. The lowest BCUT2D eigenvalue weighted by molar-refractivity contribution is -0.383. The zero-order chi connectivity index (χ0) is 18.7. The molecule has 0 fully saturated rings. The van der Waals surface area contributed by atoms with Crippen LogP contribution >= 0.6 is 11.6 Å². The summed E-state index contributed by atoms with van der Waals surface area (Å²) in [5.74, 6) is 0.102. The van der Waals surface area contributed by atoms with Crippen molar-refractivity contribution in [1.29, 1.82) is 0 Å². The van der Waals surface area contributed by atoms with E-state index < -0.39 is 10.8 Å². The number of carbonyl (C=O) groups is 1. The molecule has 1 amide bonds. The maximum atomic E-state index is 12.4. The maximum Gasteiger partial charge on any atom is 0.294 e. The van der Waals surface area contributed by atoms with Crippen LogP contribution in [-0.2, 0) is 0 Å². The number of rotatable bonds is 5. The molecule has 0 aliphatic heterocycles. The smallest absolute Gasteiger partial charge is 0.294 e. The fraction of sp³-hybridized carbons (Fsp3) is 0.0588. The first-order valence-corrected chi connectivity index (χ1v) is 7.81. The van der Waals surface area contributed by atoms with Crippen molar-refractivity contribution < 1.29 is 14.5 Å². The molecule has 9 heteroatoms. The van der Waals surface area contributed by atoms with Crippen LogP contribution < -0.4 is 10.1 Å². The predicted octanol–water partition coefficient (Wildman–Crippen LogP) is 3.90. The Morgan fingerprint density at radius 3 is 2.81 bits per heavy atom. The molecular weight excluding hydrogens is 360 g/mol. The van der Waals surface area contributed by atoms with Crippen LogP contribution in [0.15, 0.2) is 48.5 Å². The van der Waals surface area contributed by atoms with E-state index in [4.69, 9.17) is 16.3 Å². The summed E-state index contributed by atoms with van der Waals surface area (Å²) in [5.41, 5.74) is 1.21. The van der Waals surface area contributed by atoms with E-state index in [-0.39, 0.29) is 22.1 Å². The van der Waals surface area contributed by atoms with Gasteiger partial charge < -0.3 is 10.1 Å². The highest BCUT2D eigenvalue weighted by Gasteiger charge is 2.18. The minimum Gasteiger partial charge on any atom is -0.497 e. The average molecular weight is 373 g/mol. The van der Waals surface area contributed by atoms with E-state index >= 15 is 0 Å². The summed E-state index contributed by atoms with van der Waals surface area (Å²) in [4.78, 5) is 22.9. The topological polar surface area (TPSA) is 110 Å². The van der Waals surface area contributed by atoms with Crippen LogP contribution in [0.3, 0.4) is 0 Å². The molecule has 2 N–H and O–H groups in total. The monoisotopic (exact) mass is 372 g/mol. The Hall–Kier alpha value is -3.39. The lowest BCUT2D eigenvalue weighted by Crippen LogP contribution is -2.13. The van der Waals surface area contributed by atoms with Crippen molar-refractivity contribution in [3.63, 3.8) is 0 Å². The average Bonchev–Trinajstić information content (AvgIpc) is 3.13. The standard InChI is InChI=1S/C17H13ClN4O4/c1-26-12-4-2-3-10(7-12)14-9-15(21-20-14)17(23)19-13-6-5-11(18)8-16(13)22(24)25/h2-9H,1H3,(H,19,23)(H,20,21). The molecule has 0 bridgehead atoms. The number of nitro groups is 1. The first kappa shape index (κ1) is 17.4. The molecule has 0 saturated heterocycles. The van der Waals surface area contributed by atoms with Crippen molar-refractivity contribution in [1.82, 2.24) is 10.2 Å². The SMILES string of the molecule is COc1cccc(-c2cc(C(=O)Nc3ccc(Cl)cc3[N+](=O)[O-])[nH]n2)c1. The minimum atomic E-state index is -0.615. The molecule has 132 valence electrons. The van der Waals surface area contributed by atoms with Gasteiger partial charge in [0.15, 0.2) is 0 Å². The molecule has 2 aromatic carbocycles. The van der Waals surface area contributed by atoms with E-state index in [0.717, 1.165) is 5.56 Å². The van der Waals surface area contributed by atoms with Crippen molar-refractivity contribution in [2.24, 2.45) is 0 Å². The van der Waals surface area contributed by atoms with Crippen LogP contribution in [-0.4, -0.2) is 28.1 Å². The Kier molecular flexibility index (Phi) is 4.85. The number of anilines is 1. The van der Waals surface area contributed by atoms with Crippen molar-refractivity contribution >= 4 is 28.9 Å². The van der Waals surface area contributed by atoms with Gasteiger partial charge in [-0.1, -0.05) is 23.7 Å². The molecule has 3 aromatic rings. The van der Waals surface area contributed by atoms with E-state index in [1.165, 1.54) is 18.2 Å². The lowest BCUT2D eigenvalue weighted by Gasteiger charge is -2.04. The Labute approximate surface area is 152 Å². The number of H-pyrrole nitrogens is 1. The van der Waals surface area contributed by atoms with Gasteiger partial charge >= 0.3 is 0 Å². The van der Waals surface area contributed by atoms with Crippen LogP contribution in [0.5, 0.6) is 5.75 Å². The number of hydrogen-bond donors (Lipinski definition) is 2. The molecule has 0 saturated carbocycles. The summed E-state index contributed by atoms with van der Waals surface area (Å²) in [7, 11) is 1.56. The van der Waals surface area contributed by atoms with Gasteiger partial charge in [-0.05, 0) is 30.3 Å². The Morgan fingerprint density at radius 1 is 1.27 bits per heavy atom. The maximum absolute atomic E-state index is 12.4. The Balaban J connectivity index is 1.84. The van der Waals surface area contributed by atoms with Gasteiger partial charge in [0.2, 0.25) is 0 Å². The van der Waals surface area contributed by atoms with Gasteiger partial charge in [-0.2, -0.15) is 5.10 Å². The van der Waals surface area contributed by atoms with Gasteiger partial charge in [0.05, 0.1) is 17.7 Å². The summed E-state index contributed by atoms with van der Waals surface area (Å²) in [6, 6.07) is 12.8. The van der Waals surface area contributed by atoms with Gasteiger partial charge in [-0.25, -0.2) is 0 Å². The first-order valence-electron chi connectivity index (χ1n) is 7.43. The zero-order valence-electron chi connectivity index (χ0n) is 13.5. The third-order valence-electron chi connectivity index (χ3n) is 3.59. The van der Waals surface area contributed by atoms with Gasteiger partial charge in [-0.3, -0.25) is 20.0 Å². The molecule has 0 radical (unpaired) electrons. The normalized spacial score (nSPS) is 10.4. The number of amides is 1. The van der Waals surface area contributed by atoms with E-state index in [1.54, 1.807) is 31.4 Å². The number of carbonyl (C=O) groups excluding carboxylic acids is 1. The molecule has 0 atom stereocenters. The van der Waals surface area contributed by atoms with Crippen molar-refractivity contribution in [3.8, 4) is 17.0 Å². The lowest BCUT2D eigenvalue weighted by atomic mass is 10.1. The first-order chi connectivity index (χ1) is 12.5. The third kappa shape index (κ3) is 3.65. The second-order valence-electron chi connectivity index (χ2n) is 5.27. The molecule has 8 nitrogen and oxygen atoms in total. The summed E-state index contributed by atoms with van der Waals surface area (Å²) < 4.78 is 5.16. The van der Waals surface area contributed by atoms with Crippen LogP contribution in [0.1, 0.15) is 10.5 Å². The molecule has 26 heavy (non-hydrogen) atoms. The van der Waals surface area contributed by atoms with E-state index in [2.05, 4.69) is 15.5 Å². The largest absolute Gasteiger partial charge is 0.497 e. The minimum absolute atomic E-state index is 0.0435. The highest BCUT2D eigenvalue weighted by Crippen LogP contribution is 2.28. The highest BCUT2D eigenvalue weighted by atomic mass is 35.5. The third-order valence-corrected chi connectivity index (χ3v) is 3.83. The zero-order valence-corrected chi connectivity index (χ0v) is 14.3. The van der Waals surface area contributed by atoms with Crippen LogP contribution in [0.25, 0.3) is 11.3 Å². The van der Waals surface area contributed by atoms with Gasteiger partial charge in [-0.15, -0.1) is 0 Å². The van der Waals surface area contributed by atoms with Crippen molar-refractivity contribution in [2.75, 3.05) is 12.4 Å². The van der Waals surface area contributed by atoms with Crippen molar-refractivity contribution in [2.45, 2.75) is 0 Å². The number of nitro benzene ring substituents is 1. The number of nitrogens with one attached hydrogen (secondary N) is 2. The van der Waals surface area contributed by atoms with Crippen LogP contribution in [0.2, 0.25) is 5.02 Å². The number of ether oxygens (including phenoxy) is 1. The number of halogens is 1. The molecule has 0 unspecified atom stereocenters. The second-order valence-corrected chi connectivity index (χ2v) is 5.71. The summed E-state index contributed by atoms with van der Waals surface area (Å²) >= 11 is 5.77. The van der Waals surface area contributed by atoms with Crippen molar-refractivity contribution in [3.05, 3.63) is 69.4 Å². The molecule has 0 spiro atoms. The fourth-order valence-corrected chi connectivity index (χ4v) is 2.49. The summed E-state index contributed by atoms with van der Waals surface area (Å²) in [6.07, 6.45) is 0. The second kappa shape index (κ2) is 7.24. The number of benzene rings is 2. The molecule has 0 aliphatic rings. The molecule has 1 aromatic heterocycles. The molecule has 1 heterocycles. The number of nitrogens with zero attached hydrogens (tertiary/aromatic N) is 2.